The van der Waals surface area contributed by atoms with Gasteiger partial charge in [-0.25, -0.2) is 9.78 Å². The molecule has 1 aliphatic heterocycles. The minimum absolute atomic E-state index is 0.0673. The molecule has 39 heavy (non-hydrogen) atoms. The lowest BCUT2D eigenvalue weighted by molar-refractivity contribution is -0.115. The van der Waals surface area contributed by atoms with Gasteiger partial charge in [0.1, 0.15) is 0 Å². The van der Waals surface area contributed by atoms with E-state index in [2.05, 4.69) is 33.8 Å². The normalized spacial score (nSPS) is 18.2. The maximum Gasteiger partial charge on any atom is 0.326 e. The Morgan fingerprint density at radius 3 is 2.74 bits per heavy atom. The van der Waals surface area contributed by atoms with Gasteiger partial charge in [0.2, 0.25) is 5.91 Å². The number of carbonyl (C=O) groups excluding carboxylic acids is 2. The molecule has 1 aliphatic carbocycles. The molecule has 0 radical (unpaired) electrons. The number of thioether (sulfide) groups is 2. The van der Waals surface area contributed by atoms with Gasteiger partial charge in [-0.3, -0.25) is 9.69 Å². The van der Waals surface area contributed by atoms with Gasteiger partial charge < -0.3 is 10.6 Å². The maximum absolute atomic E-state index is 13.6. The predicted octanol–water partition coefficient (Wildman–Crippen LogP) is 8.00. The fourth-order valence-electron chi connectivity index (χ4n) is 4.39. The van der Waals surface area contributed by atoms with Crippen LogP contribution < -0.4 is 15.5 Å². The Morgan fingerprint density at radius 1 is 1.00 bits per heavy atom. The van der Waals surface area contributed by atoms with Crippen LogP contribution in [0, 0.1) is 0 Å². The highest BCUT2D eigenvalue weighted by Crippen LogP contribution is 2.43. The van der Waals surface area contributed by atoms with Crippen LogP contribution in [0.15, 0.2) is 106 Å². The molecule has 3 amide bonds. The molecule has 3 unspecified atom stereocenters. The molecule has 2 aliphatic rings. The third kappa shape index (κ3) is 5.69. The largest absolute Gasteiger partial charge is 0.326 e. The number of allylic oxidation sites excluding steroid dienone is 2. The van der Waals surface area contributed by atoms with Crippen LogP contribution in [0.25, 0.3) is 10.6 Å². The van der Waals surface area contributed by atoms with Crippen molar-refractivity contribution in [1.29, 1.82) is 0 Å². The number of benzene rings is 2. The maximum atomic E-state index is 13.6. The molecule has 10 heteroatoms. The monoisotopic (exact) mass is 588 g/mol. The van der Waals surface area contributed by atoms with E-state index in [0.29, 0.717) is 10.8 Å². The van der Waals surface area contributed by atoms with Gasteiger partial charge in [0.05, 0.1) is 32.8 Å². The number of nitrogens with zero attached hydrogens (tertiary/aromatic N) is 2. The number of hydrogen-bond donors (Lipinski definition) is 2. The summed E-state index contributed by atoms with van der Waals surface area (Å²) in [4.78, 5) is 35.9. The Morgan fingerprint density at radius 2 is 1.87 bits per heavy atom. The standard InChI is InChI=1S/C29H24N4O2S4/c1-18(27(34)32-28-31-21(17-37-28)24-14-7-15-36-24)38-20-9-6-8-19(16-20)30-29(35)33-22-10-2-4-12-25(22)39-26-13-5-3-11-23(26)33/h2-18,22,25H,1H3,(H,30,35)(H,31,32,34). The predicted molar refractivity (Wildman–Crippen MR) is 165 cm³/mol. The molecule has 0 bridgehead atoms. The summed E-state index contributed by atoms with van der Waals surface area (Å²) >= 11 is 6.25. The zero-order valence-electron chi connectivity index (χ0n) is 20.8. The van der Waals surface area contributed by atoms with Crippen molar-refractivity contribution in [2.75, 3.05) is 15.5 Å². The van der Waals surface area contributed by atoms with Gasteiger partial charge in [-0.1, -0.05) is 48.6 Å². The summed E-state index contributed by atoms with van der Waals surface area (Å²) in [5.41, 5.74) is 2.46. The van der Waals surface area contributed by atoms with E-state index in [9.17, 15) is 9.59 Å². The van der Waals surface area contributed by atoms with Gasteiger partial charge in [-0.2, -0.15) is 0 Å². The minimum atomic E-state index is -0.351. The van der Waals surface area contributed by atoms with Gasteiger partial charge in [-0.05, 0) is 48.7 Å². The molecule has 3 atom stereocenters. The Labute approximate surface area is 243 Å². The van der Waals surface area contributed by atoms with Crippen LogP contribution in [0.5, 0.6) is 0 Å². The summed E-state index contributed by atoms with van der Waals surface area (Å²) in [6.45, 7) is 1.87. The molecule has 2 N–H and O–H groups in total. The van der Waals surface area contributed by atoms with Gasteiger partial charge >= 0.3 is 6.03 Å². The molecule has 6 nitrogen and oxygen atoms in total. The van der Waals surface area contributed by atoms with Crippen molar-refractivity contribution in [3.05, 3.63) is 95.7 Å². The Balaban J connectivity index is 1.12. The van der Waals surface area contributed by atoms with Crippen LogP contribution >= 0.6 is 46.2 Å². The van der Waals surface area contributed by atoms with E-state index in [1.807, 2.05) is 89.3 Å². The summed E-state index contributed by atoms with van der Waals surface area (Å²) in [5, 5.41) is 10.4. The van der Waals surface area contributed by atoms with E-state index >= 15 is 0 Å². The van der Waals surface area contributed by atoms with E-state index in [-0.39, 0.29) is 28.5 Å². The molecule has 4 aromatic rings. The number of thiophene rings is 1. The number of para-hydroxylation sites is 1. The number of rotatable bonds is 6. The van der Waals surface area contributed by atoms with Crippen LogP contribution in [-0.2, 0) is 4.79 Å². The second-order valence-corrected chi connectivity index (χ2v) is 13.3. The lowest BCUT2D eigenvalue weighted by Gasteiger charge is -2.40. The average Bonchev–Trinajstić information content (AvgIpc) is 3.64. The van der Waals surface area contributed by atoms with Crippen molar-refractivity contribution in [1.82, 2.24) is 4.98 Å². The number of fused-ring (bicyclic) bond motifs is 2. The molecule has 2 aromatic heterocycles. The quantitative estimate of drug-likeness (QED) is 0.223. The first-order valence-corrected chi connectivity index (χ1v) is 15.8. The van der Waals surface area contributed by atoms with Crippen LogP contribution in [0.2, 0.25) is 0 Å². The first-order valence-electron chi connectivity index (χ1n) is 12.3. The number of thiazole rings is 1. The van der Waals surface area contributed by atoms with E-state index < -0.39 is 0 Å². The Kier molecular flexibility index (Phi) is 7.60. The van der Waals surface area contributed by atoms with Crippen LogP contribution in [0.1, 0.15) is 6.92 Å². The van der Waals surface area contributed by atoms with Gasteiger partial charge in [-0.15, -0.1) is 46.2 Å². The number of nitrogens with one attached hydrogen (secondary N) is 2. The number of amides is 3. The number of hydrogen-bond acceptors (Lipinski definition) is 7. The number of aromatic nitrogens is 1. The zero-order chi connectivity index (χ0) is 26.8. The molecule has 2 aromatic carbocycles. The van der Waals surface area contributed by atoms with Crippen LogP contribution in [-0.4, -0.2) is 33.5 Å². The Bertz CT molecular complexity index is 1560. The average molecular weight is 589 g/mol. The molecule has 0 fully saturated rings. The molecular formula is C29H24N4O2S4. The fraction of sp³-hybridized carbons (Fsp3) is 0.138. The first-order chi connectivity index (χ1) is 19.0. The molecular weight excluding hydrogens is 565 g/mol. The van der Waals surface area contributed by atoms with Gasteiger partial charge in [0.25, 0.3) is 0 Å². The minimum Gasteiger partial charge on any atom is -0.307 e. The zero-order valence-corrected chi connectivity index (χ0v) is 24.1. The lowest BCUT2D eigenvalue weighted by atomic mass is 10.1. The second kappa shape index (κ2) is 11.4. The van der Waals surface area contributed by atoms with Crippen LogP contribution in [0.3, 0.4) is 0 Å². The molecule has 196 valence electrons. The van der Waals surface area contributed by atoms with Crippen molar-refractivity contribution < 1.29 is 9.59 Å². The highest BCUT2D eigenvalue weighted by atomic mass is 32.2. The third-order valence-electron chi connectivity index (χ3n) is 6.24. The summed E-state index contributed by atoms with van der Waals surface area (Å²) < 4.78 is 0. The number of anilines is 3. The lowest BCUT2D eigenvalue weighted by Crippen LogP contribution is -2.49. The topological polar surface area (TPSA) is 74.3 Å². The van der Waals surface area contributed by atoms with E-state index in [1.165, 1.54) is 23.1 Å². The van der Waals surface area contributed by atoms with Gasteiger partial charge in [0, 0.05) is 20.9 Å². The summed E-state index contributed by atoms with van der Waals surface area (Å²) in [6, 6.07) is 19.4. The molecule has 0 saturated carbocycles. The van der Waals surface area contributed by atoms with E-state index in [4.69, 9.17) is 0 Å². The smallest absolute Gasteiger partial charge is 0.307 e. The SMILES string of the molecule is CC(Sc1cccc(NC(=O)N2c3ccccc3SC3C=CC=CC32)c1)C(=O)Nc1nc(-c2cccs2)cs1. The first kappa shape index (κ1) is 25.9. The summed E-state index contributed by atoms with van der Waals surface area (Å²) in [5.74, 6) is -0.118. The number of carbonyl (C=O) groups is 2. The summed E-state index contributed by atoms with van der Waals surface area (Å²) in [6.07, 6.45) is 8.25. The highest BCUT2D eigenvalue weighted by Gasteiger charge is 2.36. The third-order valence-corrected chi connectivity index (χ3v) is 10.3. The molecule has 0 spiro atoms. The second-order valence-electron chi connectivity index (χ2n) is 8.90. The van der Waals surface area contributed by atoms with Crippen molar-refractivity contribution in [3.8, 4) is 10.6 Å². The summed E-state index contributed by atoms with van der Waals surface area (Å²) in [7, 11) is 0. The van der Waals surface area contributed by atoms with Crippen molar-refractivity contribution in [3.63, 3.8) is 0 Å². The van der Waals surface area contributed by atoms with E-state index in [1.54, 1.807) is 23.1 Å². The van der Waals surface area contributed by atoms with Crippen molar-refractivity contribution >= 4 is 74.6 Å². The van der Waals surface area contributed by atoms with Crippen molar-refractivity contribution in [2.45, 2.75) is 33.3 Å². The van der Waals surface area contributed by atoms with Crippen LogP contribution in [0.4, 0.5) is 21.3 Å². The molecule has 3 heterocycles. The van der Waals surface area contributed by atoms with E-state index in [0.717, 1.165) is 26.0 Å². The Hall–Kier alpha value is -3.31. The van der Waals surface area contributed by atoms with Crippen molar-refractivity contribution in [2.24, 2.45) is 0 Å². The van der Waals surface area contributed by atoms with Gasteiger partial charge in [0.15, 0.2) is 5.13 Å². The highest BCUT2D eigenvalue weighted by molar-refractivity contribution is 8.00. The molecule has 6 rings (SSSR count). The fourth-order valence-corrected chi connectivity index (χ4v) is 8.05. The number of urea groups is 1. The molecule has 0 saturated heterocycles.